The first kappa shape index (κ1) is 21.2. The molecule has 0 atom stereocenters. The Bertz CT molecular complexity index is 882. The smallest absolute Gasteiger partial charge is 0.229 e. The van der Waals surface area contributed by atoms with E-state index in [1.54, 1.807) is 0 Å². The maximum absolute atomic E-state index is 5.57. The lowest BCUT2D eigenvalue weighted by molar-refractivity contribution is 0.443. The molecular weight excluding hydrogens is 380 g/mol. The van der Waals surface area contributed by atoms with Crippen LogP contribution in [0.25, 0.3) is 0 Å². The molecule has 7 heteroatoms. The molecule has 0 radical (unpaired) electrons. The molecule has 1 aliphatic carbocycles. The number of hydrogen-bond acceptors (Lipinski definition) is 4. The molecule has 154 valence electrons. The van der Waals surface area contributed by atoms with Crippen LogP contribution in [-0.2, 0) is 0 Å². The minimum absolute atomic E-state index is 0.285. The van der Waals surface area contributed by atoms with Crippen LogP contribution in [0.2, 0.25) is 0 Å². The van der Waals surface area contributed by atoms with Gasteiger partial charge in [-0.1, -0.05) is 31.4 Å². The fraction of sp³-hybridized carbons (Fsp3) is 0.455. The van der Waals surface area contributed by atoms with Crippen LogP contribution in [-0.4, -0.2) is 27.1 Å². The van der Waals surface area contributed by atoms with Gasteiger partial charge in [-0.15, -0.1) is 0 Å². The lowest BCUT2D eigenvalue weighted by atomic mass is 9.96. The fourth-order valence-corrected chi connectivity index (χ4v) is 3.73. The van der Waals surface area contributed by atoms with Gasteiger partial charge in [0.15, 0.2) is 5.11 Å². The van der Waals surface area contributed by atoms with Crippen LogP contribution < -0.4 is 16.0 Å². The Kier molecular flexibility index (Phi) is 7.14. The Labute approximate surface area is 178 Å². The molecule has 1 aromatic carbocycles. The number of hydrogen-bond donors (Lipinski definition) is 3. The molecule has 3 N–H and O–H groups in total. The topological polar surface area (TPSA) is 74.2 Å². The summed E-state index contributed by atoms with van der Waals surface area (Å²) in [4.78, 5) is 13.9. The van der Waals surface area contributed by atoms with Crippen molar-refractivity contribution >= 4 is 34.9 Å². The molecule has 1 aliphatic rings. The first-order chi connectivity index (χ1) is 13.9. The van der Waals surface area contributed by atoms with Gasteiger partial charge in [0, 0.05) is 17.1 Å². The highest BCUT2D eigenvalue weighted by Crippen LogP contribution is 2.21. The molecule has 6 nitrogen and oxygen atoms in total. The van der Waals surface area contributed by atoms with Crippen LogP contribution in [0.4, 0.5) is 11.6 Å². The molecule has 1 aromatic heterocycles. The summed E-state index contributed by atoms with van der Waals surface area (Å²) in [5, 5.41) is 10.2. The number of rotatable bonds is 3. The number of aliphatic imine (C=N–C) groups is 1. The Morgan fingerprint density at radius 3 is 2.38 bits per heavy atom. The summed E-state index contributed by atoms with van der Waals surface area (Å²) in [5.41, 5.74) is 5.20. The fourth-order valence-electron chi connectivity index (χ4n) is 3.52. The molecule has 0 saturated heterocycles. The van der Waals surface area contributed by atoms with E-state index in [1.807, 2.05) is 32.0 Å². The molecule has 29 heavy (non-hydrogen) atoms. The van der Waals surface area contributed by atoms with E-state index < -0.39 is 0 Å². The standard InChI is InChI=1S/C22H30N6S/c1-14-9-8-12-19(17(14)4)26-22(29)28-21(25-18-10-6-5-7-11-18)27-20-23-15(2)13-16(3)24-20/h8-9,12-13,18H,5-7,10-11H2,1-4H3,(H3,23,24,25,26,27,28,29). The van der Waals surface area contributed by atoms with Crippen LogP contribution in [0.3, 0.4) is 0 Å². The number of anilines is 2. The molecule has 0 spiro atoms. The van der Waals surface area contributed by atoms with Crippen molar-refractivity contribution in [1.82, 2.24) is 15.3 Å². The molecule has 1 saturated carbocycles. The van der Waals surface area contributed by atoms with Gasteiger partial charge in [0.05, 0.1) is 6.04 Å². The summed E-state index contributed by atoms with van der Waals surface area (Å²) in [6.07, 6.45) is 5.91. The van der Waals surface area contributed by atoms with E-state index in [9.17, 15) is 0 Å². The lowest BCUT2D eigenvalue weighted by Crippen LogP contribution is -2.40. The molecular formula is C22H30N6S. The van der Waals surface area contributed by atoms with Gasteiger partial charge in [-0.05, 0) is 76.0 Å². The zero-order valence-corrected chi connectivity index (χ0v) is 18.5. The third kappa shape index (κ3) is 6.22. The molecule has 0 amide bonds. The van der Waals surface area contributed by atoms with Crippen LogP contribution in [0.15, 0.2) is 29.3 Å². The minimum Gasteiger partial charge on any atom is -0.332 e. The number of aromatic nitrogens is 2. The average Bonchev–Trinajstić information content (AvgIpc) is 2.65. The zero-order valence-electron chi connectivity index (χ0n) is 17.7. The molecule has 3 rings (SSSR count). The zero-order chi connectivity index (χ0) is 20.8. The van der Waals surface area contributed by atoms with Gasteiger partial charge in [0.1, 0.15) is 0 Å². The number of aryl methyl sites for hydroxylation is 3. The summed E-state index contributed by atoms with van der Waals surface area (Å²) in [7, 11) is 0. The summed E-state index contributed by atoms with van der Waals surface area (Å²) in [6, 6.07) is 8.36. The third-order valence-corrected chi connectivity index (χ3v) is 5.39. The highest BCUT2D eigenvalue weighted by molar-refractivity contribution is 7.80. The second-order valence-electron chi connectivity index (χ2n) is 7.70. The summed E-state index contributed by atoms with van der Waals surface area (Å²) < 4.78 is 0. The number of thiocarbonyl (C=S) groups is 1. The minimum atomic E-state index is 0.285. The number of nitrogens with one attached hydrogen (secondary N) is 3. The predicted molar refractivity (Wildman–Crippen MR) is 125 cm³/mol. The molecule has 1 heterocycles. The van der Waals surface area contributed by atoms with Gasteiger partial charge in [-0.3, -0.25) is 5.32 Å². The van der Waals surface area contributed by atoms with Crippen molar-refractivity contribution in [3.8, 4) is 0 Å². The highest BCUT2D eigenvalue weighted by atomic mass is 32.1. The third-order valence-electron chi connectivity index (χ3n) is 5.18. The molecule has 2 aromatic rings. The average molecular weight is 411 g/mol. The van der Waals surface area contributed by atoms with Gasteiger partial charge in [-0.25, -0.2) is 15.0 Å². The van der Waals surface area contributed by atoms with Crippen molar-refractivity contribution in [2.24, 2.45) is 4.99 Å². The molecule has 0 bridgehead atoms. The van der Waals surface area contributed by atoms with E-state index in [0.717, 1.165) is 29.9 Å². The predicted octanol–water partition coefficient (Wildman–Crippen LogP) is 4.80. The molecule has 0 aliphatic heterocycles. The van der Waals surface area contributed by atoms with Crippen molar-refractivity contribution in [2.45, 2.75) is 65.8 Å². The maximum atomic E-state index is 5.57. The van der Waals surface area contributed by atoms with Gasteiger partial charge in [0.2, 0.25) is 11.9 Å². The van der Waals surface area contributed by atoms with Crippen molar-refractivity contribution < 1.29 is 0 Å². The highest BCUT2D eigenvalue weighted by Gasteiger charge is 2.15. The monoisotopic (exact) mass is 410 g/mol. The van der Waals surface area contributed by atoms with Crippen molar-refractivity contribution in [3.63, 3.8) is 0 Å². The summed E-state index contributed by atoms with van der Waals surface area (Å²) in [5.74, 6) is 1.11. The van der Waals surface area contributed by atoms with Crippen LogP contribution in [0.1, 0.15) is 54.6 Å². The quantitative estimate of drug-likeness (QED) is 0.383. The van der Waals surface area contributed by atoms with Crippen LogP contribution >= 0.6 is 12.2 Å². The first-order valence-corrected chi connectivity index (χ1v) is 10.6. The van der Waals surface area contributed by atoms with E-state index in [-0.39, 0.29) is 6.04 Å². The van der Waals surface area contributed by atoms with E-state index in [2.05, 4.69) is 45.8 Å². The molecule has 0 unspecified atom stereocenters. The van der Waals surface area contributed by atoms with Crippen molar-refractivity contribution in [1.29, 1.82) is 0 Å². The Balaban J connectivity index is 1.77. The number of guanidine groups is 1. The Morgan fingerprint density at radius 1 is 1.00 bits per heavy atom. The van der Waals surface area contributed by atoms with Crippen molar-refractivity contribution in [2.75, 3.05) is 10.6 Å². The van der Waals surface area contributed by atoms with E-state index in [1.165, 1.54) is 30.4 Å². The number of benzene rings is 1. The van der Waals surface area contributed by atoms with Crippen molar-refractivity contribution in [3.05, 3.63) is 46.8 Å². The van der Waals surface area contributed by atoms with Gasteiger partial charge >= 0.3 is 0 Å². The van der Waals surface area contributed by atoms with E-state index in [0.29, 0.717) is 17.0 Å². The summed E-state index contributed by atoms with van der Waals surface area (Å²) >= 11 is 5.57. The van der Waals surface area contributed by atoms with E-state index >= 15 is 0 Å². The second kappa shape index (κ2) is 9.78. The van der Waals surface area contributed by atoms with E-state index in [4.69, 9.17) is 17.2 Å². The molecule has 1 fully saturated rings. The van der Waals surface area contributed by atoms with Gasteiger partial charge < -0.3 is 10.6 Å². The van der Waals surface area contributed by atoms with Gasteiger partial charge in [0.25, 0.3) is 0 Å². The first-order valence-electron chi connectivity index (χ1n) is 10.2. The second-order valence-corrected chi connectivity index (χ2v) is 8.10. The lowest BCUT2D eigenvalue weighted by Gasteiger charge is -2.21. The number of nitrogens with zero attached hydrogens (tertiary/aromatic N) is 3. The largest absolute Gasteiger partial charge is 0.332 e. The normalized spacial score (nSPS) is 15.1. The summed E-state index contributed by atoms with van der Waals surface area (Å²) in [6.45, 7) is 8.08. The maximum Gasteiger partial charge on any atom is 0.229 e. The van der Waals surface area contributed by atoms with Crippen LogP contribution in [0.5, 0.6) is 0 Å². The SMILES string of the molecule is Cc1cc(C)nc(NC(=NC2CCCCC2)NC(=S)Nc2cccc(C)c2C)n1. The Morgan fingerprint density at radius 2 is 1.69 bits per heavy atom. The van der Waals surface area contributed by atoms with Gasteiger partial charge in [-0.2, -0.15) is 0 Å². The Hall–Kier alpha value is -2.54. The van der Waals surface area contributed by atoms with Crippen LogP contribution in [0, 0.1) is 27.7 Å².